The minimum atomic E-state index is -0.364. The fourth-order valence-electron chi connectivity index (χ4n) is 11.4. The van der Waals surface area contributed by atoms with Crippen LogP contribution >= 0.6 is 0 Å². The summed E-state index contributed by atoms with van der Waals surface area (Å²) in [5.74, 6) is 1.87. The van der Waals surface area contributed by atoms with Crippen molar-refractivity contribution in [3.63, 3.8) is 0 Å². The molecule has 2 aliphatic rings. The molecule has 9 aromatic carbocycles. The number of allylic oxidation sites excluding steroid dienone is 1. The van der Waals surface area contributed by atoms with E-state index in [0.717, 1.165) is 74.2 Å². The summed E-state index contributed by atoms with van der Waals surface area (Å²) in [5, 5.41) is 3.72. The van der Waals surface area contributed by atoms with Crippen LogP contribution in [0.5, 0.6) is 0 Å². The molecular weight excluding hydrogens is 863 g/mol. The van der Waals surface area contributed by atoms with E-state index >= 15 is 0 Å². The fraction of sp³-hybridized carbons (Fsp3) is 0.0758. The van der Waals surface area contributed by atoms with Crippen LogP contribution in [-0.2, 0) is 11.8 Å². The lowest BCUT2D eigenvalue weighted by Gasteiger charge is -2.23. The molecule has 2 aliphatic carbocycles. The molecule has 14 rings (SSSR count). The third-order valence-electron chi connectivity index (χ3n) is 14.9. The molecule has 5 heteroatoms. The Morgan fingerprint density at radius 1 is 0.451 bits per heavy atom. The monoisotopic (exact) mass is 907 g/mol. The molecule has 3 aromatic heterocycles. The summed E-state index contributed by atoms with van der Waals surface area (Å²) in [6, 6.07) is 78.9. The van der Waals surface area contributed by atoms with Crippen molar-refractivity contribution < 1.29 is 0 Å². The van der Waals surface area contributed by atoms with Gasteiger partial charge in [0.25, 0.3) is 0 Å². The maximum absolute atomic E-state index is 5.29. The van der Waals surface area contributed by atoms with Gasteiger partial charge in [0.1, 0.15) is 0 Å². The van der Waals surface area contributed by atoms with E-state index in [-0.39, 0.29) is 5.41 Å². The summed E-state index contributed by atoms with van der Waals surface area (Å²) < 4.78 is 4.83. The van der Waals surface area contributed by atoms with Gasteiger partial charge in [-0.25, -0.2) is 15.0 Å². The van der Waals surface area contributed by atoms with Crippen molar-refractivity contribution in [2.24, 2.45) is 0 Å². The number of fused-ring (bicyclic) bond motifs is 9. The van der Waals surface area contributed by atoms with Gasteiger partial charge in [0, 0.05) is 71.9 Å². The molecule has 0 spiro atoms. The summed E-state index contributed by atoms with van der Waals surface area (Å²) >= 11 is 0. The number of para-hydroxylation sites is 3. The zero-order valence-electron chi connectivity index (χ0n) is 39.4. The van der Waals surface area contributed by atoms with Gasteiger partial charge in [0.15, 0.2) is 17.5 Å². The Labute approximate surface area is 412 Å². The average Bonchev–Trinajstić information content (AvgIpc) is 4.03. The van der Waals surface area contributed by atoms with Crippen molar-refractivity contribution >= 4 is 38.8 Å². The van der Waals surface area contributed by atoms with Gasteiger partial charge in [-0.2, -0.15) is 0 Å². The van der Waals surface area contributed by atoms with Crippen molar-refractivity contribution in [1.29, 1.82) is 0 Å². The first-order chi connectivity index (χ1) is 35.0. The van der Waals surface area contributed by atoms with Crippen molar-refractivity contribution in [1.82, 2.24) is 24.1 Å². The maximum atomic E-state index is 5.29. The molecule has 12 aromatic rings. The summed E-state index contributed by atoms with van der Waals surface area (Å²) in [7, 11) is 0. The number of hydrogen-bond donors (Lipinski definition) is 0. The lowest BCUT2D eigenvalue weighted by Crippen LogP contribution is -2.15. The Hall–Kier alpha value is -9.11. The zero-order chi connectivity index (χ0) is 47.2. The number of benzene rings is 8. The van der Waals surface area contributed by atoms with Gasteiger partial charge >= 0.3 is 0 Å². The first kappa shape index (κ1) is 40.9. The van der Waals surface area contributed by atoms with E-state index in [4.69, 9.17) is 15.0 Å². The van der Waals surface area contributed by atoms with Gasteiger partial charge < -0.3 is 9.13 Å². The van der Waals surface area contributed by atoms with Gasteiger partial charge in [-0.3, -0.25) is 0 Å². The fourth-order valence-corrected chi connectivity index (χ4v) is 11.4. The second-order valence-electron chi connectivity index (χ2n) is 19.3. The molecule has 0 unspecified atom stereocenters. The third-order valence-corrected chi connectivity index (χ3v) is 14.9. The Morgan fingerprint density at radius 2 is 1.04 bits per heavy atom. The lowest BCUT2D eigenvalue weighted by molar-refractivity contribution is 0.661. The highest BCUT2D eigenvalue weighted by atomic mass is 15.0. The maximum Gasteiger partial charge on any atom is 0.164 e. The molecule has 5 nitrogen and oxygen atoms in total. The second kappa shape index (κ2) is 16.0. The third kappa shape index (κ3) is 6.53. The first-order valence-corrected chi connectivity index (χ1v) is 24.5. The Balaban J connectivity index is 0.888. The van der Waals surface area contributed by atoms with Crippen LogP contribution in [0, 0.1) is 12.1 Å². The molecule has 334 valence electrons. The van der Waals surface area contributed by atoms with Crippen LogP contribution in [0.3, 0.4) is 0 Å². The van der Waals surface area contributed by atoms with Crippen LogP contribution in [0.4, 0.5) is 0 Å². The number of rotatable bonds is 7. The van der Waals surface area contributed by atoms with Crippen LogP contribution in [-0.4, -0.2) is 24.1 Å². The van der Waals surface area contributed by atoms with E-state index < -0.39 is 0 Å². The molecule has 0 fully saturated rings. The molecule has 0 bridgehead atoms. The molecule has 0 aliphatic heterocycles. The summed E-state index contributed by atoms with van der Waals surface area (Å²) in [6.45, 7) is 4.66. The Morgan fingerprint density at radius 3 is 1.76 bits per heavy atom. The van der Waals surface area contributed by atoms with Gasteiger partial charge in [-0.05, 0) is 95.3 Å². The van der Waals surface area contributed by atoms with Crippen LogP contribution in [0.1, 0.15) is 42.7 Å². The molecular formula is C66H45N5. The summed E-state index contributed by atoms with van der Waals surface area (Å²) in [5.41, 5.74) is 20.0. The highest BCUT2D eigenvalue weighted by Gasteiger charge is 2.37. The van der Waals surface area contributed by atoms with E-state index in [1.807, 2.05) is 18.2 Å². The molecule has 71 heavy (non-hydrogen) atoms. The highest BCUT2D eigenvalue weighted by molar-refractivity contribution is 6.09. The minimum absolute atomic E-state index is 0.364. The van der Waals surface area contributed by atoms with E-state index in [1.165, 1.54) is 55.2 Å². The van der Waals surface area contributed by atoms with E-state index in [2.05, 4.69) is 229 Å². The predicted octanol–water partition coefficient (Wildman–Crippen LogP) is 16.1. The summed E-state index contributed by atoms with van der Waals surface area (Å²) in [4.78, 5) is 15.7. The number of hydrogen-bond acceptors (Lipinski definition) is 3. The first-order valence-electron chi connectivity index (χ1n) is 24.5. The van der Waals surface area contributed by atoms with Crippen LogP contribution in [0.15, 0.2) is 206 Å². The van der Waals surface area contributed by atoms with E-state index in [9.17, 15) is 0 Å². The zero-order valence-corrected chi connectivity index (χ0v) is 39.4. The highest BCUT2D eigenvalue weighted by Crippen LogP contribution is 2.50. The quantitative estimate of drug-likeness (QED) is 0.160. The molecule has 0 amide bonds. The van der Waals surface area contributed by atoms with Crippen LogP contribution < -0.4 is 0 Å². The Kier molecular flexibility index (Phi) is 9.21. The molecule has 0 N–H and O–H groups in total. The molecule has 0 radical (unpaired) electrons. The molecule has 3 heterocycles. The topological polar surface area (TPSA) is 48.5 Å². The standard InChI is InChI=1S/C66H45N5/c1-66(2)56-40-45(55-39-44(42-18-5-3-6-19-42)34-37-62(55)71-60-30-15-11-26-53(60)54-27-12-16-31-61(54)71)32-35-49(56)50-36-33-47(41-57(50)66)65-68-63(43-20-7-4-8-21-43)67-64(69-65)46-22-17-23-48(38-46)70-58-28-13-9-24-51(58)52-25-10-14-29-59(52)70/h3-15,17-30,33-34,36-41H,16,31H2,1-2H3. The van der Waals surface area contributed by atoms with E-state index in [1.54, 1.807) is 0 Å². The predicted molar refractivity (Wildman–Crippen MR) is 291 cm³/mol. The minimum Gasteiger partial charge on any atom is -0.312 e. The van der Waals surface area contributed by atoms with Crippen molar-refractivity contribution in [2.45, 2.75) is 32.1 Å². The second-order valence-corrected chi connectivity index (χ2v) is 19.3. The van der Waals surface area contributed by atoms with Gasteiger partial charge in [-0.1, -0.05) is 184 Å². The number of aromatic nitrogens is 5. The van der Waals surface area contributed by atoms with Crippen molar-refractivity contribution in [3.8, 4) is 78.9 Å². The molecule has 0 saturated heterocycles. The van der Waals surface area contributed by atoms with Crippen LogP contribution in [0.2, 0.25) is 0 Å². The van der Waals surface area contributed by atoms with E-state index in [0.29, 0.717) is 17.5 Å². The van der Waals surface area contributed by atoms with Gasteiger partial charge in [-0.15, -0.1) is 0 Å². The van der Waals surface area contributed by atoms with Crippen LogP contribution in [0.25, 0.3) is 118 Å². The molecule has 0 saturated carbocycles. The lowest BCUT2D eigenvalue weighted by atomic mass is 9.81. The average molecular weight is 908 g/mol. The number of nitrogens with zero attached hydrogens (tertiary/aromatic N) is 5. The normalized spacial score (nSPS) is 13.3. The molecule has 0 atom stereocenters. The Bertz CT molecular complexity index is 4080. The van der Waals surface area contributed by atoms with Crippen molar-refractivity contribution in [2.75, 3.05) is 0 Å². The van der Waals surface area contributed by atoms with Gasteiger partial charge in [0.05, 0.1) is 22.2 Å². The smallest absolute Gasteiger partial charge is 0.164 e. The SMILES string of the molecule is CC1(C)c2cc(-c3cc(-c4ccccc4)ccc3-n3c4c(c5ccccc53)C=CCC4)c#cc2-c2ccc(-c3nc(-c4ccccc4)nc(-c4cccc(-n5c6ccccc6c6ccccc65)c4)n3)cc21. The summed E-state index contributed by atoms with van der Waals surface area (Å²) in [6.07, 6.45) is 6.62. The van der Waals surface area contributed by atoms with Gasteiger partial charge in [0.2, 0.25) is 0 Å². The largest absolute Gasteiger partial charge is 0.312 e. The van der Waals surface area contributed by atoms with Crippen molar-refractivity contribution in [3.05, 3.63) is 241 Å².